The average molecular weight is 1500 g/mol. The Morgan fingerprint density at radius 1 is 0.587 bits per heavy atom. The van der Waals surface area contributed by atoms with Gasteiger partial charge in [0.2, 0.25) is 35.5 Å². The first-order chi connectivity index (χ1) is 49.0. The molecule has 4 aromatic heterocycles. The Morgan fingerprint density at radius 3 is 1.54 bits per heavy atom. The van der Waals surface area contributed by atoms with E-state index in [1.807, 2.05) is 106 Å². The Balaban J connectivity index is 0.000000237. The van der Waals surface area contributed by atoms with Gasteiger partial charge in [0.1, 0.15) is 65.6 Å². The minimum atomic E-state index is -0.931. The first-order valence-electron chi connectivity index (χ1n) is 36.8. The average Bonchev–Trinajstić information content (AvgIpc) is 1.60. The number of carbonyl (C=O) groups excluding carboxylic acids is 6. The molecule has 0 spiro atoms. The number of fused-ring (bicyclic) bond motifs is 10. The molecule has 2 radical (unpaired) electrons. The third-order valence-corrected chi connectivity index (χ3v) is 21.4. The van der Waals surface area contributed by atoms with Gasteiger partial charge in [-0.2, -0.15) is 0 Å². The Kier molecular flexibility index (Phi) is 27.5. The van der Waals surface area contributed by atoms with Gasteiger partial charge in [-0.05, 0) is 143 Å². The number of carbonyl (C=O) groups is 4. The van der Waals surface area contributed by atoms with Crippen LogP contribution < -0.4 is 34.9 Å². The molecule has 2 saturated carbocycles. The van der Waals surface area contributed by atoms with Crippen LogP contribution in [0.2, 0.25) is 0 Å². The number of alkyl carbamates (subject to hydrolysis) is 1. The molecular formula is C77H101N13O12V2-2. The Hall–Kier alpha value is -7.73. The Labute approximate surface area is 634 Å². The predicted molar refractivity (Wildman–Crippen MR) is 383 cm³/mol. The van der Waals surface area contributed by atoms with Crippen molar-refractivity contribution in [3.05, 3.63) is 84.7 Å². The molecule has 12 atom stereocenters. The number of aromatic nitrogens is 8. The van der Waals surface area contributed by atoms with Crippen LogP contribution in [-0.2, 0) is 83.4 Å². The molecule has 4 fully saturated rings. The maximum atomic E-state index is 14.3. The molecule has 3 N–H and O–H groups in total. The van der Waals surface area contributed by atoms with Crippen molar-refractivity contribution >= 4 is 70.4 Å². The van der Waals surface area contributed by atoms with Crippen molar-refractivity contribution < 1.29 is 94.3 Å². The van der Waals surface area contributed by atoms with Gasteiger partial charge in [-0.15, -0.1) is 0 Å². The van der Waals surface area contributed by atoms with Gasteiger partial charge in [0, 0.05) is 79.9 Å². The van der Waals surface area contributed by atoms with Crippen LogP contribution in [0.3, 0.4) is 0 Å². The van der Waals surface area contributed by atoms with E-state index < -0.39 is 64.4 Å². The second kappa shape index (κ2) is 35.6. The summed E-state index contributed by atoms with van der Waals surface area (Å²) in [6.45, 7) is 21.6. The van der Waals surface area contributed by atoms with Crippen molar-refractivity contribution in [2.24, 2.45) is 40.4 Å². The molecule has 104 heavy (non-hydrogen) atoms. The van der Waals surface area contributed by atoms with Crippen molar-refractivity contribution in [2.75, 3.05) is 50.0 Å². The summed E-state index contributed by atoms with van der Waals surface area (Å²) in [6, 6.07) is 12.2. The van der Waals surface area contributed by atoms with Crippen LogP contribution in [0.4, 0.5) is 16.7 Å². The summed E-state index contributed by atoms with van der Waals surface area (Å²) >= 11 is 0. The third kappa shape index (κ3) is 19.7. The van der Waals surface area contributed by atoms with Crippen molar-refractivity contribution in [3.63, 3.8) is 0 Å². The molecular weight excluding hydrogens is 1400 g/mol. The molecule has 4 bridgehead atoms. The molecule has 0 unspecified atom stereocenters. The minimum Gasteiger partial charge on any atom is -0.540 e. The van der Waals surface area contributed by atoms with Crippen LogP contribution >= 0.6 is 0 Å². The molecule has 12 rings (SSSR count). The van der Waals surface area contributed by atoms with Crippen LogP contribution in [0.15, 0.2) is 73.3 Å². The van der Waals surface area contributed by atoms with Gasteiger partial charge >= 0.3 is 12.1 Å². The van der Waals surface area contributed by atoms with E-state index in [4.69, 9.17) is 48.4 Å². The van der Waals surface area contributed by atoms with E-state index in [0.717, 1.165) is 99.5 Å². The van der Waals surface area contributed by atoms with Gasteiger partial charge in [-0.1, -0.05) is 106 Å². The zero-order valence-corrected chi connectivity index (χ0v) is 64.5. The van der Waals surface area contributed by atoms with Crippen molar-refractivity contribution in [3.8, 4) is 23.3 Å². The van der Waals surface area contributed by atoms with Gasteiger partial charge in [-0.3, -0.25) is 14.4 Å². The number of amides is 3. The van der Waals surface area contributed by atoms with Crippen LogP contribution in [0.5, 0.6) is 23.3 Å². The molecule has 3 amide bonds. The maximum Gasteiger partial charge on any atom is 0.408 e. The number of aryl methyl sites for hydroxylation is 2. The van der Waals surface area contributed by atoms with E-state index in [-0.39, 0.29) is 92.2 Å². The van der Waals surface area contributed by atoms with Gasteiger partial charge in [0.05, 0.1) is 60.6 Å². The first kappa shape index (κ1) is 80.4. The van der Waals surface area contributed by atoms with Gasteiger partial charge < -0.3 is 63.8 Å². The SMILES string of the molecule is CC[C@@H]1[C@@H]2CN(C(=O)[C@H](C(C)(C)C)CC(=O)O[C@]3(C)C[C@H]3CCCCCc3nc4ccc(OCCNc5ncccn5)cc4nc3O2)[C@@H]1[C-]=O.CC[C@@H]1[C@@H]2CN(C(=O)[C@H](C(C)(C)C)NC(=O)O[C@]3(C)CCC[C@H]3CCCCCc3nc4ccc(OCCNc5ncccn5)cc4nc3O2)[C@@H]1[C-]=O.[V].[V]. The Bertz CT molecular complexity index is 3910. The van der Waals surface area contributed by atoms with E-state index in [2.05, 4.69) is 48.5 Å². The second-order valence-corrected chi connectivity index (χ2v) is 30.8. The van der Waals surface area contributed by atoms with Crippen LogP contribution in [-0.4, -0.2) is 167 Å². The second-order valence-electron chi connectivity index (χ2n) is 30.8. The fourth-order valence-corrected chi connectivity index (χ4v) is 15.3. The molecule has 2 saturated heterocycles. The number of esters is 1. The van der Waals surface area contributed by atoms with E-state index in [0.29, 0.717) is 104 Å². The van der Waals surface area contributed by atoms with Crippen LogP contribution in [0.1, 0.15) is 177 Å². The number of rotatable bonds is 14. The summed E-state index contributed by atoms with van der Waals surface area (Å²) in [5.41, 5.74) is 1.90. The summed E-state index contributed by atoms with van der Waals surface area (Å²) in [5, 5.41) is 9.17. The van der Waals surface area contributed by atoms with Crippen molar-refractivity contribution in [2.45, 2.75) is 220 Å². The zero-order chi connectivity index (χ0) is 72.3. The number of hydrogen-bond acceptors (Lipinski definition) is 22. The quantitative estimate of drug-likeness (QED) is 0.0518. The summed E-state index contributed by atoms with van der Waals surface area (Å²) in [4.78, 5) is 120. The summed E-state index contributed by atoms with van der Waals surface area (Å²) in [7, 11) is 0. The van der Waals surface area contributed by atoms with Gasteiger partial charge in [-0.25, -0.2) is 57.2 Å². The molecule has 27 heteroatoms. The van der Waals surface area contributed by atoms with Crippen LogP contribution in [0.25, 0.3) is 22.1 Å². The standard InChI is InChI=1S/C39H52N7O6.C38H49N6O6.2V/c1-6-27-31(24-47)46-23-32(27)51-34-29(43-28-16-15-26(22-30(28)44-34)50-21-20-42-36-40-18-11-19-41-36)14-9-7-8-12-25-13-10-17-39(25,5)52-37(49)45-33(35(46)48)38(2,3)4;1-6-26-31(23-45)44-22-32(26)49-34-29(42-28-14-13-25(19-30(28)43-34)48-18-17-41-36-39-15-10-16-40-36)12-9-7-8-11-24-21-38(24,5)50-33(46)20-27(35(44)47)37(2,3)4;;/h11,15-16,18-19,22,25,27,31-33H,6-10,12-14,17,20-21,23H2,1-5H3,(H,45,49)(H,40,41,42);10,13-16,19,24,26-27,31-32H,6-9,11-12,17-18,20-22H2,1-5H3,(H,39,40,41);;/q2*-1;;/t25-,27+,31-,32+,33-,39-;24-,26+,27-,31-,32+,38-;;/m11../s1. The number of anilines is 2. The number of nitrogens with one attached hydrogen (secondary N) is 3. The molecule has 25 nitrogen and oxygen atoms in total. The molecule has 6 aromatic rings. The van der Waals surface area contributed by atoms with Crippen molar-refractivity contribution in [1.29, 1.82) is 0 Å². The molecule has 6 aliphatic rings. The fourth-order valence-electron chi connectivity index (χ4n) is 15.3. The fraction of sp³-hybridized carbons (Fsp3) is 0.610. The molecule has 4 aliphatic heterocycles. The molecule has 8 heterocycles. The van der Waals surface area contributed by atoms with Gasteiger partial charge in [0.15, 0.2) is 0 Å². The number of ether oxygens (including phenoxy) is 6. The smallest absolute Gasteiger partial charge is 0.408 e. The van der Waals surface area contributed by atoms with Crippen molar-refractivity contribution in [1.82, 2.24) is 55.0 Å². The molecule has 2 aromatic carbocycles. The summed E-state index contributed by atoms with van der Waals surface area (Å²) in [6.07, 6.45) is 23.0. The van der Waals surface area contributed by atoms with E-state index in [9.17, 15) is 28.8 Å². The first-order valence-corrected chi connectivity index (χ1v) is 36.8. The predicted octanol–water partition coefficient (Wildman–Crippen LogP) is 11.3. The topological polar surface area (TPSA) is 303 Å². The normalized spacial score (nSPS) is 26.9. The maximum absolute atomic E-state index is 14.3. The van der Waals surface area contributed by atoms with Crippen LogP contribution in [0, 0.1) is 40.4 Å². The van der Waals surface area contributed by atoms with E-state index >= 15 is 0 Å². The van der Waals surface area contributed by atoms with E-state index in [1.54, 1.807) is 41.8 Å². The van der Waals surface area contributed by atoms with E-state index in [1.165, 1.54) is 4.90 Å². The zero-order valence-electron chi connectivity index (χ0n) is 61.7. The minimum absolute atomic E-state index is 0. The largest absolute Gasteiger partial charge is 0.540 e. The monoisotopic (exact) mass is 1500 g/mol. The van der Waals surface area contributed by atoms with Gasteiger partial charge in [0.25, 0.3) is 0 Å². The molecule has 2 aliphatic carbocycles. The number of nitrogens with zero attached hydrogens (tertiary/aromatic N) is 10. The summed E-state index contributed by atoms with van der Waals surface area (Å²) in [5.74, 6) is 1.39. The number of benzene rings is 2. The summed E-state index contributed by atoms with van der Waals surface area (Å²) < 4.78 is 37.5. The number of hydrogen-bond donors (Lipinski definition) is 3. The molecule has 558 valence electrons. The Morgan fingerprint density at radius 2 is 1.07 bits per heavy atom. The third-order valence-electron chi connectivity index (χ3n) is 21.4.